The Morgan fingerprint density at radius 1 is 1.73 bits per heavy atom. The molecule has 60 valence electrons. The maximum Gasteiger partial charge on any atom is 0.217 e. The third kappa shape index (κ3) is 2.37. The third-order valence-electron chi connectivity index (χ3n) is 1.14. The Labute approximate surface area is 64.2 Å². The van der Waals surface area contributed by atoms with Crippen molar-refractivity contribution < 1.29 is 4.79 Å². The Hall–Kier alpha value is -1.39. The molecule has 0 fully saturated rings. The monoisotopic (exact) mass is 154 g/mol. The van der Waals surface area contributed by atoms with Crippen molar-refractivity contribution >= 4 is 5.91 Å². The van der Waals surface area contributed by atoms with E-state index in [-0.39, 0.29) is 5.91 Å². The molecule has 0 bridgehead atoms. The van der Waals surface area contributed by atoms with Crippen LogP contribution in [0.1, 0.15) is 18.6 Å². The second kappa shape index (κ2) is 3.14. The lowest BCUT2D eigenvalue weighted by Crippen LogP contribution is -2.19. The van der Waals surface area contributed by atoms with Crippen molar-refractivity contribution in [2.75, 3.05) is 0 Å². The molecule has 0 aromatic carbocycles. The minimum atomic E-state index is -0.0764. The third-order valence-corrected chi connectivity index (χ3v) is 1.14. The number of aromatic nitrogens is 3. The topological polar surface area (TPSA) is 70.7 Å². The Balaban J connectivity index is 2.45. The zero-order valence-electron chi connectivity index (χ0n) is 6.51. The molecule has 1 aromatic rings. The van der Waals surface area contributed by atoms with Crippen LogP contribution in [0, 0.1) is 6.92 Å². The van der Waals surface area contributed by atoms with E-state index < -0.39 is 0 Å². The van der Waals surface area contributed by atoms with E-state index >= 15 is 0 Å². The number of rotatable bonds is 2. The van der Waals surface area contributed by atoms with Gasteiger partial charge in [-0.3, -0.25) is 9.89 Å². The number of H-pyrrole nitrogens is 1. The predicted molar refractivity (Wildman–Crippen MR) is 38.6 cm³/mol. The van der Waals surface area contributed by atoms with Crippen LogP contribution in [-0.4, -0.2) is 21.1 Å². The van der Waals surface area contributed by atoms with Crippen LogP contribution in [0.2, 0.25) is 0 Å². The minimum Gasteiger partial charge on any atom is -0.349 e. The quantitative estimate of drug-likeness (QED) is 0.617. The lowest BCUT2D eigenvalue weighted by atomic mass is 10.5. The molecule has 0 saturated heterocycles. The van der Waals surface area contributed by atoms with Crippen LogP contribution in [0.15, 0.2) is 0 Å². The van der Waals surface area contributed by atoms with E-state index in [2.05, 4.69) is 20.5 Å². The van der Waals surface area contributed by atoms with E-state index in [1.807, 2.05) is 6.92 Å². The molecule has 0 spiro atoms. The summed E-state index contributed by atoms with van der Waals surface area (Å²) in [6.07, 6.45) is 0. The van der Waals surface area contributed by atoms with Gasteiger partial charge in [-0.2, -0.15) is 5.10 Å². The summed E-state index contributed by atoms with van der Waals surface area (Å²) >= 11 is 0. The molecule has 1 aromatic heterocycles. The smallest absolute Gasteiger partial charge is 0.217 e. The van der Waals surface area contributed by atoms with Gasteiger partial charge in [0.2, 0.25) is 5.91 Å². The zero-order chi connectivity index (χ0) is 8.27. The van der Waals surface area contributed by atoms with E-state index in [1.54, 1.807) is 0 Å². The summed E-state index contributed by atoms with van der Waals surface area (Å²) in [5, 5.41) is 9.11. The summed E-state index contributed by atoms with van der Waals surface area (Å²) in [6.45, 7) is 3.66. The molecule has 0 radical (unpaired) electrons. The summed E-state index contributed by atoms with van der Waals surface area (Å²) < 4.78 is 0. The van der Waals surface area contributed by atoms with E-state index in [0.29, 0.717) is 12.4 Å². The molecule has 0 aliphatic carbocycles. The Bertz CT molecular complexity index is 255. The lowest BCUT2D eigenvalue weighted by molar-refractivity contribution is -0.119. The summed E-state index contributed by atoms with van der Waals surface area (Å²) in [4.78, 5) is 14.4. The first kappa shape index (κ1) is 7.71. The van der Waals surface area contributed by atoms with Gasteiger partial charge in [0.05, 0.1) is 6.54 Å². The predicted octanol–water partition coefficient (Wildman–Crippen LogP) is -0.251. The lowest BCUT2D eigenvalue weighted by Gasteiger charge is -1.94. The molecule has 1 amide bonds. The first-order valence-corrected chi connectivity index (χ1v) is 3.31. The number of nitrogens with zero attached hydrogens (tertiary/aromatic N) is 2. The van der Waals surface area contributed by atoms with Gasteiger partial charge in [-0.25, -0.2) is 4.98 Å². The van der Waals surface area contributed by atoms with E-state index in [0.717, 1.165) is 5.82 Å². The van der Waals surface area contributed by atoms with Crippen molar-refractivity contribution in [3.63, 3.8) is 0 Å². The van der Waals surface area contributed by atoms with Gasteiger partial charge in [0, 0.05) is 6.92 Å². The molecule has 0 unspecified atom stereocenters. The van der Waals surface area contributed by atoms with Crippen molar-refractivity contribution in [2.45, 2.75) is 20.4 Å². The first-order valence-electron chi connectivity index (χ1n) is 3.31. The van der Waals surface area contributed by atoms with Crippen LogP contribution >= 0.6 is 0 Å². The van der Waals surface area contributed by atoms with Crippen LogP contribution in [0.25, 0.3) is 0 Å². The normalized spacial score (nSPS) is 9.64. The second-order valence-electron chi connectivity index (χ2n) is 2.25. The Morgan fingerprint density at radius 3 is 2.91 bits per heavy atom. The summed E-state index contributed by atoms with van der Waals surface area (Å²) in [6, 6.07) is 0. The second-order valence-corrected chi connectivity index (χ2v) is 2.25. The fourth-order valence-electron chi connectivity index (χ4n) is 0.672. The average Bonchev–Trinajstić information content (AvgIpc) is 2.31. The molecule has 5 nitrogen and oxygen atoms in total. The SMILES string of the molecule is CC(=O)NCc1n[nH]c(C)n1. The van der Waals surface area contributed by atoms with Crippen LogP contribution < -0.4 is 5.32 Å². The number of nitrogens with one attached hydrogen (secondary N) is 2. The van der Waals surface area contributed by atoms with Crippen molar-refractivity contribution in [1.29, 1.82) is 0 Å². The maximum atomic E-state index is 10.4. The average molecular weight is 154 g/mol. The highest BCUT2D eigenvalue weighted by molar-refractivity contribution is 5.72. The summed E-state index contributed by atoms with van der Waals surface area (Å²) in [5.41, 5.74) is 0. The Morgan fingerprint density at radius 2 is 2.45 bits per heavy atom. The Kier molecular flexibility index (Phi) is 2.20. The minimum absolute atomic E-state index is 0.0764. The highest BCUT2D eigenvalue weighted by Crippen LogP contribution is 1.88. The maximum absolute atomic E-state index is 10.4. The van der Waals surface area contributed by atoms with Gasteiger partial charge in [0.15, 0.2) is 5.82 Å². The number of aromatic amines is 1. The number of amides is 1. The van der Waals surface area contributed by atoms with Crippen LogP contribution in [-0.2, 0) is 11.3 Å². The van der Waals surface area contributed by atoms with Gasteiger partial charge >= 0.3 is 0 Å². The van der Waals surface area contributed by atoms with Crippen molar-refractivity contribution in [3.8, 4) is 0 Å². The van der Waals surface area contributed by atoms with E-state index in [1.165, 1.54) is 6.92 Å². The molecule has 11 heavy (non-hydrogen) atoms. The molecular formula is C6H10N4O. The van der Waals surface area contributed by atoms with Gasteiger partial charge < -0.3 is 5.32 Å². The van der Waals surface area contributed by atoms with Crippen LogP contribution in [0.3, 0.4) is 0 Å². The highest BCUT2D eigenvalue weighted by atomic mass is 16.1. The van der Waals surface area contributed by atoms with Gasteiger partial charge in [-0.1, -0.05) is 0 Å². The van der Waals surface area contributed by atoms with E-state index in [4.69, 9.17) is 0 Å². The van der Waals surface area contributed by atoms with Gasteiger partial charge in [0.25, 0.3) is 0 Å². The molecule has 0 saturated carbocycles. The van der Waals surface area contributed by atoms with Crippen LogP contribution in [0.4, 0.5) is 0 Å². The first-order chi connectivity index (χ1) is 5.18. The fraction of sp³-hybridized carbons (Fsp3) is 0.500. The molecule has 0 atom stereocenters. The van der Waals surface area contributed by atoms with Crippen molar-refractivity contribution in [1.82, 2.24) is 20.5 Å². The van der Waals surface area contributed by atoms with Crippen molar-refractivity contribution in [3.05, 3.63) is 11.6 Å². The highest BCUT2D eigenvalue weighted by Gasteiger charge is 1.98. The standard InChI is InChI=1S/C6H10N4O/c1-4-8-6(10-9-4)3-7-5(2)11/h3H2,1-2H3,(H,7,11)(H,8,9,10). The number of hydrogen-bond donors (Lipinski definition) is 2. The van der Waals surface area contributed by atoms with E-state index in [9.17, 15) is 4.79 Å². The fourth-order valence-corrected chi connectivity index (χ4v) is 0.672. The molecule has 2 N–H and O–H groups in total. The molecule has 5 heteroatoms. The molecule has 1 rings (SSSR count). The number of aryl methyl sites for hydroxylation is 1. The molecule has 1 heterocycles. The largest absolute Gasteiger partial charge is 0.349 e. The zero-order valence-corrected chi connectivity index (χ0v) is 6.51. The summed E-state index contributed by atoms with van der Waals surface area (Å²) in [7, 11) is 0. The van der Waals surface area contributed by atoms with Gasteiger partial charge in [-0.15, -0.1) is 0 Å². The molecule has 0 aliphatic rings. The number of carbonyl (C=O) groups is 1. The van der Waals surface area contributed by atoms with Crippen LogP contribution in [0.5, 0.6) is 0 Å². The number of hydrogen-bond acceptors (Lipinski definition) is 3. The molecule has 0 aliphatic heterocycles. The molecular weight excluding hydrogens is 144 g/mol. The van der Waals surface area contributed by atoms with Crippen molar-refractivity contribution in [2.24, 2.45) is 0 Å². The van der Waals surface area contributed by atoms with Gasteiger partial charge in [0.1, 0.15) is 5.82 Å². The summed E-state index contributed by atoms with van der Waals surface area (Å²) in [5.74, 6) is 1.29. The van der Waals surface area contributed by atoms with Gasteiger partial charge in [-0.05, 0) is 6.92 Å². The number of carbonyl (C=O) groups excluding carboxylic acids is 1.